The standard InChI is InChI=1S/C17H20N2O4S/c1-11-14(12(2)23-19-11)9-24-10-15(20)18-16(17(21)22-3)13-7-5-4-6-8-13/h4-8,16H,9-10H2,1-3H3,(H,18,20)/t16-/m1/s1. The Morgan fingerprint density at radius 2 is 2.00 bits per heavy atom. The lowest BCUT2D eigenvalue weighted by Gasteiger charge is -2.16. The summed E-state index contributed by atoms with van der Waals surface area (Å²) in [5.74, 6) is 0.890. The van der Waals surface area contributed by atoms with E-state index in [4.69, 9.17) is 9.26 Å². The average Bonchev–Trinajstić information content (AvgIpc) is 2.91. The van der Waals surface area contributed by atoms with Crippen LogP contribution in [0.2, 0.25) is 0 Å². The van der Waals surface area contributed by atoms with E-state index < -0.39 is 12.0 Å². The molecule has 2 rings (SSSR count). The van der Waals surface area contributed by atoms with Gasteiger partial charge in [-0.1, -0.05) is 35.5 Å². The maximum absolute atomic E-state index is 12.2. The van der Waals surface area contributed by atoms with Gasteiger partial charge in [-0.3, -0.25) is 4.79 Å². The van der Waals surface area contributed by atoms with Crippen molar-refractivity contribution in [1.29, 1.82) is 0 Å². The molecule has 0 radical (unpaired) electrons. The van der Waals surface area contributed by atoms with Crippen molar-refractivity contribution < 1.29 is 18.8 Å². The van der Waals surface area contributed by atoms with Crippen LogP contribution in [0.3, 0.4) is 0 Å². The molecular weight excluding hydrogens is 328 g/mol. The van der Waals surface area contributed by atoms with Crippen molar-refractivity contribution in [3.63, 3.8) is 0 Å². The molecule has 0 fully saturated rings. The Bertz CT molecular complexity index is 680. The third kappa shape index (κ3) is 4.61. The predicted molar refractivity (Wildman–Crippen MR) is 91.5 cm³/mol. The van der Waals surface area contributed by atoms with E-state index in [1.54, 1.807) is 12.1 Å². The molecule has 0 bridgehead atoms. The van der Waals surface area contributed by atoms with Crippen molar-refractivity contribution in [1.82, 2.24) is 10.5 Å². The molecule has 0 aliphatic heterocycles. The van der Waals surface area contributed by atoms with Crippen LogP contribution in [0.4, 0.5) is 0 Å². The molecule has 128 valence electrons. The first-order valence-electron chi connectivity index (χ1n) is 7.44. The SMILES string of the molecule is COC(=O)[C@H](NC(=O)CSCc1c(C)noc1C)c1ccccc1. The summed E-state index contributed by atoms with van der Waals surface area (Å²) >= 11 is 1.44. The predicted octanol–water partition coefficient (Wildman–Crippen LogP) is 2.56. The van der Waals surface area contributed by atoms with Crippen molar-refractivity contribution in [2.75, 3.05) is 12.9 Å². The molecule has 0 saturated carbocycles. The van der Waals surface area contributed by atoms with E-state index in [1.165, 1.54) is 18.9 Å². The van der Waals surface area contributed by atoms with Gasteiger partial charge in [0.05, 0.1) is 18.6 Å². The van der Waals surface area contributed by atoms with E-state index in [-0.39, 0.29) is 11.7 Å². The number of aryl methyl sites for hydroxylation is 2. The normalized spacial score (nSPS) is 11.8. The first kappa shape index (κ1) is 18.1. The van der Waals surface area contributed by atoms with Crippen LogP contribution in [-0.2, 0) is 20.1 Å². The highest BCUT2D eigenvalue weighted by Gasteiger charge is 2.23. The Labute approximate surface area is 144 Å². The number of ether oxygens (including phenoxy) is 1. The monoisotopic (exact) mass is 348 g/mol. The van der Waals surface area contributed by atoms with Crippen molar-refractivity contribution in [2.45, 2.75) is 25.6 Å². The smallest absolute Gasteiger partial charge is 0.333 e. The minimum Gasteiger partial charge on any atom is -0.467 e. The molecule has 0 spiro atoms. The van der Waals surface area contributed by atoms with Crippen LogP contribution in [-0.4, -0.2) is 29.9 Å². The van der Waals surface area contributed by atoms with E-state index in [9.17, 15) is 9.59 Å². The molecule has 24 heavy (non-hydrogen) atoms. The topological polar surface area (TPSA) is 81.4 Å². The second-order valence-corrected chi connectivity index (χ2v) is 6.22. The quantitative estimate of drug-likeness (QED) is 0.775. The Morgan fingerprint density at radius 3 is 2.58 bits per heavy atom. The highest BCUT2D eigenvalue weighted by atomic mass is 32.2. The lowest BCUT2D eigenvalue weighted by Crippen LogP contribution is -2.35. The molecule has 0 aliphatic carbocycles. The summed E-state index contributed by atoms with van der Waals surface area (Å²) in [6.45, 7) is 3.72. The van der Waals surface area contributed by atoms with Gasteiger partial charge in [0.2, 0.25) is 5.91 Å². The Kier molecular flexibility index (Phi) is 6.43. The van der Waals surface area contributed by atoms with Crippen molar-refractivity contribution in [3.05, 3.63) is 52.9 Å². The molecule has 1 aromatic heterocycles. The zero-order valence-electron chi connectivity index (χ0n) is 13.9. The third-order valence-corrected chi connectivity index (χ3v) is 4.50. The number of nitrogens with zero attached hydrogens (tertiary/aromatic N) is 1. The highest BCUT2D eigenvalue weighted by Crippen LogP contribution is 2.20. The van der Waals surface area contributed by atoms with Crippen LogP contribution >= 0.6 is 11.8 Å². The van der Waals surface area contributed by atoms with Crippen LogP contribution in [0.5, 0.6) is 0 Å². The number of amides is 1. The molecule has 0 aliphatic rings. The molecule has 2 aromatic rings. The van der Waals surface area contributed by atoms with Crippen molar-refractivity contribution in [2.24, 2.45) is 0 Å². The molecule has 1 aromatic carbocycles. The molecule has 6 nitrogen and oxygen atoms in total. The Hall–Kier alpha value is -2.28. The second-order valence-electron chi connectivity index (χ2n) is 5.23. The molecule has 0 saturated heterocycles. The number of benzene rings is 1. The Morgan fingerprint density at radius 1 is 1.29 bits per heavy atom. The number of carbonyl (C=O) groups is 2. The van der Waals surface area contributed by atoms with Gasteiger partial charge in [0.1, 0.15) is 5.76 Å². The molecule has 0 unspecified atom stereocenters. The van der Waals surface area contributed by atoms with Crippen molar-refractivity contribution in [3.8, 4) is 0 Å². The van der Waals surface area contributed by atoms with Crippen LogP contribution < -0.4 is 5.32 Å². The van der Waals surface area contributed by atoms with Gasteiger partial charge in [0, 0.05) is 11.3 Å². The van der Waals surface area contributed by atoms with Gasteiger partial charge in [-0.15, -0.1) is 11.8 Å². The van der Waals surface area contributed by atoms with E-state index in [0.29, 0.717) is 11.3 Å². The number of hydrogen-bond donors (Lipinski definition) is 1. The maximum Gasteiger partial charge on any atom is 0.333 e. The molecule has 7 heteroatoms. The summed E-state index contributed by atoms with van der Waals surface area (Å²) in [5.41, 5.74) is 2.52. The van der Waals surface area contributed by atoms with E-state index in [0.717, 1.165) is 17.0 Å². The fraction of sp³-hybridized carbons (Fsp3) is 0.353. The largest absolute Gasteiger partial charge is 0.467 e. The minimum atomic E-state index is -0.802. The van der Waals surface area contributed by atoms with Crippen LogP contribution in [0, 0.1) is 13.8 Å². The van der Waals surface area contributed by atoms with Gasteiger partial charge in [-0.2, -0.15) is 0 Å². The minimum absolute atomic E-state index is 0.227. The zero-order chi connectivity index (χ0) is 17.5. The summed E-state index contributed by atoms with van der Waals surface area (Å²) in [4.78, 5) is 24.1. The average molecular weight is 348 g/mol. The summed E-state index contributed by atoms with van der Waals surface area (Å²) in [6, 6.07) is 8.22. The molecule has 1 N–H and O–H groups in total. The summed E-state index contributed by atoms with van der Waals surface area (Å²) < 4.78 is 9.88. The van der Waals surface area contributed by atoms with Gasteiger partial charge in [-0.25, -0.2) is 4.79 Å². The van der Waals surface area contributed by atoms with E-state index in [1.807, 2.05) is 32.0 Å². The number of methoxy groups -OCH3 is 1. The number of rotatable bonds is 7. The number of esters is 1. The molecule has 1 atom stereocenters. The zero-order valence-corrected chi connectivity index (χ0v) is 14.7. The molecule has 1 amide bonds. The first-order valence-corrected chi connectivity index (χ1v) is 8.60. The number of hydrogen-bond acceptors (Lipinski definition) is 6. The van der Waals surface area contributed by atoms with Crippen LogP contribution in [0.1, 0.15) is 28.6 Å². The molecule has 1 heterocycles. The highest BCUT2D eigenvalue weighted by molar-refractivity contribution is 7.99. The molecular formula is C17H20N2O4S. The number of thioether (sulfide) groups is 1. The second kappa shape index (κ2) is 8.54. The van der Waals surface area contributed by atoms with Gasteiger partial charge >= 0.3 is 5.97 Å². The lowest BCUT2D eigenvalue weighted by atomic mass is 10.1. The Balaban J connectivity index is 1.92. The van der Waals surface area contributed by atoms with Crippen molar-refractivity contribution >= 4 is 23.6 Å². The van der Waals surface area contributed by atoms with Crippen LogP contribution in [0.25, 0.3) is 0 Å². The number of aromatic nitrogens is 1. The summed E-state index contributed by atoms with van der Waals surface area (Å²) in [6.07, 6.45) is 0. The van der Waals surface area contributed by atoms with Gasteiger partial charge < -0.3 is 14.6 Å². The van der Waals surface area contributed by atoms with Gasteiger partial charge in [0.25, 0.3) is 0 Å². The first-order chi connectivity index (χ1) is 11.5. The fourth-order valence-electron chi connectivity index (χ4n) is 2.20. The van der Waals surface area contributed by atoms with E-state index >= 15 is 0 Å². The van der Waals surface area contributed by atoms with Gasteiger partial charge in [-0.05, 0) is 19.4 Å². The fourth-order valence-corrected chi connectivity index (χ4v) is 3.19. The lowest BCUT2D eigenvalue weighted by molar-refractivity contribution is -0.145. The third-order valence-electron chi connectivity index (χ3n) is 3.54. The van der Waals surface area contributed by atoms with Gasteiger partial charge in [0.15, 0.2) is 6.04 Å². The number of nitrogens with one attached hydrogen (secondary N) is 1. The van der Waals surface area contributed by atoms with Crippen LogP contribution in [0.15, 0.2) is 34.9 Å². The summed E-state index contributed by atoms with van der Waals surface area (Å²) in [7, 11) is 1.30. The summed E-state index contributed by atoms with van der Waals surface area (Å²) in [5, 5.41) is 6.61. The van der Waals surface area contributed by atoms with E-state index in [2.05, 4.69) is 10.5 Å². The number of carbonyl (C=O) groups excluding carboxylic acids is 2. The maximum atomic E-state index is 12.2.